The van der Waals surface area contributed by atoms with E-state index in [0.717, 1.165) is 18.2 Å². The Labute approximate surface area is 223 Å². The molecule has 0 radical (unpaired) electrons. The molecule has 202 valence electrons. The summed E-state index contributed by atoms with van der Waals surface area (Å²) in [5, 5.41) is 3.47. The molecular weight excluding hydrogens is 518 g/mol. The van der Waals surface area contributed by atoms with Crippen LogP contribution in [-0.2, 0) is 26.2 Å². The quantitative estimate of drug-likeness (QED) is 0.428. The Morgan fingerprint density at radius 1 is 1.11 bits per heavy atom. The SMILES string of the molecule is CC[C@H](C)NC(=O)[C@H](C)N(Cc1cccc(Cl)c1)C(=O)CCCN(c1ccc2c(c1)OCO2)S(C)(=O)=O. The molecule has 2 aromatic rings. The summed E-state index contributed by atoms with van der Waals surface area (Å²) in [6, 6.07) is 11.3. The molecule has 11 heteroatoms. The maximum absolute atomic E-state index is 13.4. The Bertz CT molecular complexity index is 1220. The van der Waals surface area contributed by atoms with Gasteiger partial charge in [-0.25, -0.2) is 8.42 Å². The number of benzene rings is 2. The molecule has 1 aliphatic heterocycles. The number of hydrogen-bond acceptors (Lipinski definition) is 6. The van der Waals surface area contributed by atoms with Crippen LogP contribution in [0.3, 0.4) is 0 Å². The molecule has 3 rings (SSSR count). The summed E-state index contributed by atoms with van der Waals surface area (Å²) >= 11 is 6.13. The van der Waals surface area contributed by atoms with Crippen molar-refractivity contribution in [2.24, 2.45) is 0 Å². The third kappa shape index (κ3) is 7.75. The van der Waals surface area contributed by atoms with Crippen molar-refractivity contribution in [2.75, 3.05) is 23.9 Å². The number of anilines is 1. The number of fused-ring (bicyclic) bond motifs is 1. The Morgan fingerprint density at radius 2 is 1.84 bits per heavy atom. The van der Waals surface area contributed by atoms with Gasteiger partial charge in [0.25, 0.3) is 0 Å². The topological polar surface area (TPSA) is 105 Å². The molecule has 2 amide bonds. The van der Waals surface area contributed by atoms with Crippen LogP contribution in [0.1, 0.15) is 45.6 Å². The second-order valence-corrected chi connectivity index (χ2v) is 11.5. The van der Waals surface area contributed by atoms with Gasteiger partial charge in [0.2, 0.25) is 28.6 Å². The highest BCUT2D eigenvalue weighted by Crippen LogP contribution is 2.36. The van der Waals surface area contributed by atoms with Crippen LogP contribution in [-0.4, -0.2) is 56.8 Å². The van der Waals surface area contributed by atoms with Crippen LogP contribution >= 0.6 is 11.6 Å². The van der Waals surface area contributed by atoms with E-state index in [1.807, 2.05) is 19.9 Å². The Kier molecular flexibility index (Phi) is 9.67. The van der Waals surface area contributed by atoms with Crippen LogP contribution in [0, 0.1) is 0 Å². The summed E-state index contributed by atoms with van der Waals surface area (Å²) in [5.41, 5.74) is 1.22. The Balaban J connectivity index is 1.73. The van der Waals surface area contributed by atoms with Gasteiger partial charge >= 0.3 is 0 Å². The molecule has 0 saturated carbocycles. The number of sulfonamides is 1. The van der Waals surface area contributed by atoms with E-state index in [2.05, 4.69) is 5.32 Å². The zero-order valence-corrected chi connectivity index (χ0v) is 23.1. The molecule has 9 nitrogen and oxygen atoms in total. The monoisotopic (exact) mass is 551 g/mol. The molecule has 0 fully saturated rings. The first-order valence-electron chi connectivity index (χ1n) is 12.2. The van der Waals surface area contributed by atoms with Crippen molar-refractivity contribution in [3.05, 3.63) is 53.1 Å². The maximum atomic E-state index is 13.4. The van der Waals surface area contributed by atoms with Crippen LogP contribution in [0.15, 0.2) is 42.5 Å². The lowest BCUT2D eigenvalue weighted by molar-refractivity contribution is -0.140. The van der Waals surface area contributed by atoms with Crippen molar-refractivity contribution in [1.82, 2.24) is 10.2 Å². The fourth-order valence-electron chi connectivity index (χ4n) is 3.92. The predicted octanol–water partition coefficient (Wildman–Crippen LogP) is 3.95. The van der Waals surface area contributed by atoms with E-state index in [1.165, 1.54) is 9.21 Å². The number of amides is 2. The molecule has 1 heterocycles. The number of carbonyl (C=O) groups excluding carboxylic acids is 2. The molecule has 37 heavy (non-hydrogen) atoms. The third-order valence-corrected chi connectivity index (χ3v) is 7.64. The van der Waals surface area contributed by atoms with Crippen molar-refractivity contribution in [3.63, 3.8) is 0 Å². The predicted molar refractivity (Wildman–Crippen MR) is 143 cm³/mol. The minimum Gasteiger partial charge on any atom is -0.454 e. The van der Waals surface area contributed by atoms with Gasteiger partial charge in [-0.3, -0.25) is 13.9 Å². The summed E-state index contributed by atoms with van der Waals surface area (Å²) < 4.78 is 37.0. The molecule has 0 aliphatic carbocycles. The molecule has 1 N–H and O–H groups in total. The van der Waals surface area contributed by atoms with Gasteiger partial charge < -0.3 is 19.7 Å². The van der Waals surface area contributed by atoms with Gasteiger partial charge in [0.05, 0.1) is 11.9 Å². The summed E-state index contributed by atoms with van der Waals surface area (Å²) in [4.78, 5) is 27.7. The molecule has 0 saturated heterocycles. The number of hydrogen-bond donors (Lipinski definition) is 1. The van der Waals surface area contributed by atoms with Crippen LogP contribution < -0.4 is 19.1 Å². The zero-order valence-electron chi connectivity index (χ0n) is 21.6. The van der Waals surface area contributed by atoms with Gasteiger partial charge in [-0.15, -0.1) is 0 Å². The average Bonchev–Trinajstić information content (AvgIpc) is 3.31. The first-order valence-corrected chi connectivity index (χ1v) is 14.4. The Morgan fingerprint density at radius 3 is 2.51 bits per heavy atom. The number of nitrogens with zero attached hydrogens (tertiary/aromatic N) is 2. The van der Waals surface area contributed by atoms with Crippen LogP contribution in [0.4, 0.5) is 5.69 Å². The van der Waals surface area contributed by atoms with E-state index >= 15 is 0 Å². The highest BCUT2D eigenvalue weighted by atomic mass is 35.5. The number of rotatable bonds is 12. The first-order chi connectivity index (χ1) is 17.5. The molecule has 0 spiro atoms. The highest BCUT2D eigenvalue weighted by molar-refractivity contribution is 7.92. The van der Waals surface area contributed by atoms with Crippen molar-refractivity contribution in [1.29, 1.82) is 0 Å². The fraction of sp³-hybridized carbons (Fsp3) is 0.462. The molecule has 1 aliphatic rings. The molecular formula is C26H34ClN3O6S. The van der Waals surface area contributed by atoms with Gasteiger partial charge in [-0.1, -0.05) is 30.7 Å². The van der Waals surface area contributed by atoms with Crippen LogP contribution in [0.2, 0.25) is 5.02 Å². The first kappa shape index (κ1) is 28.6. The van der Waals surface area contributed by atoms with Crippen molar-refractivity contribution in [2.45, 2.75) is 58.7 Å². The highest BCUT2D eigenvalue weighted by Gasteiger charge is 2.27. The van der Waals surface area contributed by atoms with E-state index in [4.69, 9.17) is 21.1 Å². The summed E-state index contributed by atoms with van der Waals surface area (Å²) in [5.74, 6) is 0.513. The standard InChI is InChI=1S/C26H34ClN3O6S/c1-5-18(2)28-26(32)19(3)29(16-20-8-6-9-21(27)14-20)25(31)10-7-13-30(37(4,33)34)22-11-12-23-24(15-22)36-17-35-23/h6,8-9,11-12,14-15,18-19H,5,7,10,13,16-17H2,1-4H3,(H,28,32)/t18-,19-/m0/s1. The van der Waals surface area contributed by atoms with E-state index in [0.29, 0.717) is 22.2 Å². The molecule has 0 unspecified atom stereocenters. The third-order valence-electron chi connectivity index (χ3n) is 6.21. The number of nitrogens with one attached hydrogen (secondary N) is 1. The minimum absolute atomic E-state index is 0.0249. The molecule has 2 atom stereocenters. The van der Waals surface area contributed by atoms with E-state index in [9.17, 15) is 18.0 Å². The molecule has 2 aromatic carbocycles. The summed E-state index contributed by atoms with van der Waals surface area (Å²) in [6.45, 7) is 5.93. The van der Waals surface area contributed by atoms with Gasteiger partial charge in [-0.05, 0) is 56.5 Å². The largest absolute Gasteiger partial charge is 0.454 e. The van der Waals surface area contributed by atoms with Crippen LogP contribution in [0.25, 0.3) is 0 Å². The minimum atomic E-state index is -3.62. The lowest BCUT2D eigenvalue weighted by Crippen LogP contribution is -2.49. The van der Waals surface area contributed by atoms with Crippen molar-refractivity contribution >= 4 is 39.1 Å². The maximum Gasteiger partial charge on any atom is 0.242 e. The molecule has 0 aromatic heterocycles. The number of carbonyl (C=O) groups is 2. The normalized spacial score (nSPS) is 14.1. The zero-order chi connectivity index (χ0) is 27.2. The van der Waals surface area contributed by atoms with E-state index in [-0.39, 0.29) is 50.6 Å². The fourth-order valence-corrected chi connectivity index (χ4v) is 5.09. The average molecular weight is 552 g/mol. The Hall–Kier alpha value is -2.98. The van der Waals surface area contributed by atoms with Crippen molar-refractivity contribution < 1.29 is 27.5 Å². The van der Waals surface area contributed by atoms with Gasteiger partial charge in [-0.2, -0.15) is 0 Å². The van der Waals surface area contributed by atoms with Crippen molar-refractivity contribution in [3.8, 4) is 11.5 Å². The van der Waals surface area contributed by atoms with E-state index in [1.54, 1.807) is 43.3 Å². The van der Waals surface area contributed by atoms with Gasteiger partial charge in [0.15, 0.2) is 11.5 Å². The van der Waals surface area contributed by atoms with E-state index < -0.39 is 16.1 Å². The lowest BCUT2D eigenvalue weighted by Gasteiger charge is -2.30. The summed E-state index contributed by atoms with van der Waals surface area (Å²) in [6.07, 6.45) is 2.19. The van der Waals surface area contributed by atoms with Gasteiger partial charge in [0, 0.05) is 36.6 Å². The number of ether oxygens (including phenoxy) is 2. The number of halogens is 1. The molecule has 0 bridgehead atoms. The second-order valence-electron chi connectivity index (χ2n) is 9.12. The lowest BCUT2D eigenvalue weighted by atomic mass is 10.1. The summed E-state index contributed by atoms with van der Waals surface area (Å²) in [7, 11) is -3.62. The second kappa shape index (κ2) is 12.5. The van der Waals surface area contributed by atoms with Gasteiger partial charge in [0.1, 0.15) is 6.04 Å². The van der Waals surface area contributed by atoms with Crippen LogP contribution in [0.5, 0.6) is 11.5 Å². The smallest absolute Gasteiger partial charge is 0.242 e.